The van der Waals surface area contributed by atoms with Gasteiger partial charge in [-0.05, 0) is 58.7 Å². The van der Waals surface area contributed by atoms with Crippen molar-refractivity contribution in [3.63, 3.8) is 0 Å². The lowest BCUT2D eigenvalue weighted by molar-refractivity contribution is 0.565. The zero-order valence-corrected chi connectivity index (χ0v) is 14.0. The molecule has 2 aromatic carbocycles. The predicted octanol–water partition coefficient (Wildman–Crippen LogP) is 3.93. The van der Waals surface area contributed by atoms with Crippen LogP contribution >= 0.6 is 27.5 Å². The maximum Gasteiger partial charge on any atom is 0.264 e. The zero-order valence-electron chi connectivity index (χ0n) is 10.8. The number of aryl methyl sites for hydroxylation is 1. The Labute approximate surface area is 135 Å². The molecule has 0 unspecified atom stereocenters. The van der Waals surface area contributed by atoms with E-state index in [0.29, 0.717) is 9.50 Å². The predicted molar refractivity (Wildman–Crippen MR) is 85.5 cm³/mol. The average Bonchev–Trinajstić information content (AvgIpc) is 2.37. The van der Waals surface area contributed by atoms with E-state index in [9.17, 15) is 12.8 Å². The summed E-state index contributed by atoms with van der Waals surface area (Å²) in [6, 6.07) is 7.03. The molecule has 0 saturated heterocycles. The molecule has 0 aliphatic heterocycles. The molecule has 0 heterocycles. The van der Waals surface area contributed by atoms with Crippen molar-refractivity contribution >= 4 is 48.9 Å². The maximum absolute atomic E-state index is 14.0. The summed E-state index contributed by atoms with van der Waals surface area (Å²) < 4.78 is 41.5. The molecule has 0 atom stereocenters. The van der Waals surface area contributed by atoms with Gasteiger partial charge in [0.25, 0.3) is 10.0 Å². The van der Waals surface area contributed by atoms with Gasteiger partial charge in [-0.15, -0.1) is 0 Å². The summed E-state index contributed by atoms with van der Waals surface area (Å²) in [4.78, 5) is -0.508. The summed E-state index contributed by atoms with van der Waals surface area (Å²) in [6.45, 7) is 1.44. The number of rotatable bonds is 3. The first-order valence-electron chi connectivity index (χ1n) is 5.74. The molecule has 21 heavy (non-hydrogen) atoms. The Balaban J connectivity index is 2.51. The van der Waals surface area contributed by atoms with E-state index >= 15 is 0 Å². The van der Waals surface area contributed by atoms with Gasteiger partial charge in [-0.3, -0.25) is 4.72 Å². The molecule has 0 saturated carbocycles. The van der Waals surface area contributed by atoms with Crippen LogP contribution in [-0.2, 0) is 10.0 Å². The minimum atomic E-state index is -4.12. The van der Waals surface area contributed by atoms with E-state index in [2.05, 4.69) is 20.7 Å². The largest absolute Gasteiger partial charge is 0.399 e. The lowest BCUT2D eigenvalue weighted by Gasteiger charge is -2.12. The number of sulfonamides is 1. The number of nitrogen functional groups attached to an aromatic ring is 1. The number of halogens is 3. The van der Waals surface area contributed by atoms with Gasteiger partial charge in [0.1, 0.15) is 10.7 Å². The first kappa shape index (κ1) is 16.1. The molecule has 2 rings (SSSR count). The fourth-order valence-electron chi connectivity index (χ4n) is 1.74. The molecule has 0 fully saturated rings. The third-order valence-corrected chi connectivity index (χ3v) is 5.00. The summed E-state index contributed by atoms with van der Waals surface area (Å²) in [5, 5.41) is 0.347. The van der Waals surface area contributed by atoms with Gasteiger partial charge in [-0.1, -0.05) is 11.6 Å². The van der Waals surface area contributed by atoms with Crippen molar-refractivity contribution in [1.82, 2.24) is 0 Å². The topological polar surface area (TPSA) is 72.2 Å². The molecule has 0 amide bonds. The molecule has 0 bridgehead atoms. The van der Waals surface area contributed by atoms with Crippen molar-refractivity contribution in [2.24, 2.45) is 0 Å². The van der Waals surface area contributed by atoms with Crippen molar-refractivity contribution in [3.05, 3.63) is 51.2 Å². The monoisotopic (exact) mass is 392 g/mol. The van der Waals surface area contributed by atoms with Gasteiger partial charge < -0.3 is 5.73 Å². The summed E-state index contributed by atoms with van der Waals surface area (Å²) in [7, 11) is -4.12. The van der Waals surface area contributed by atoms with E-state index < -0.39 is 20.7 Å². The SMILES string of the molecule is Cc1cc(N)cc(S(=O)(=O)Nc2cc(Cl)ccc2Br)c1F. The maximum atomic E-state index is 14.0. The van der Waals surface area contributed by atoms with Crippen LogP contribution in [0.5, 0.6) is 0 Å². The Morgan fingerprint density at radius 3 is 2.62 bits per heavy atom. The van der Waals surface area contributed by atoms with Crippen LogP contribution < -0.4 is 10.5 Å². The van der Waals surface area contributed by atoms with Crippen LogP contribution in [0.15, 0.2) is 39.7 Å². The molecule has 0 radical (unpaired) electrons. The quantitative estimate of drug-likeness (QED) is 0.776. The van der Waals surface area contributed by atoms with E-state index in [1.165, 1.54) is 19.1 Å². The fourth-order valence-corrected chi connectivity index (χ4v) is 3.64. The summed E-state index contributed by atoms with van der Waals surface area (Å²) in [5.74, 6) is -0.838. The molecular formula is C13H11BrClFN2O2S. The number of anilines is 2. The Bertz CT molecular complexity index is 812. The van der Waals surface area contributed by atoms with Crippen molar-refractivity contribution in [3.8, 4) is 0 Å². The highest BCUT2D eigenvalue weighted by molar-refractivity contribution is 9.10. The highest BCUT2D eigenvalue weighted by Crippen LogP contribution is 2.29. The molecule has 112 valence electrons. The third kappa shape index (κ3) is 3.48. The van der Waals surface area contributed by atoms with E-state index in [-0.39, 0.29) is 16.9 Å². The second-order valence-corrected chi connectivity index (χ2v) is 7.32. The van der Waals surface area contributed by atoms with E-state index in [1.807, 2.05) is 0 Å². The molecular weight excluding hydrogens is 383 g/mol. The van der Waals surface area contributed by atoms with E-state index in [4.69, 9.17) is 17.3 Å². The number of nitrogens with one attached hydrogen (secondary N) is 1. The number of hydrogen-bond acceptors (Lipinski definition) is 3. The molecule has 0 spiro atoms. The van der Waals surface area contributed by atoms with Gasteiger partial charge in [0.05, 0.1) is 5.69 Å². The van der Waals surface area contributed by atoms with Crippen LogP contribution in [0.3, 0.4) is 0 Å². The first-order chi connectivity index (χ1) is 9.70. The third-order valence-electron chi connectivity index (χ3n) is 2.71. The fraction of sp³-hybridized carbons (Fsp3) is 0.0769. The van der Waals surface area contributed by atoms with Crippen LogP contribution in [0.2, 0.25) is 5.02 Å². The van der Waals surface area contributed by atoms with Crippen LogP contribution in [0.25, 0.3) is 0 Å². The standard InChI is InChI=1S/C13H11BrClFN2O2S/c1-7-4-9(17)6-12(13(7)16)21(19,20)18-11-5-8(15)2-3-10(11)14/h2-6,18H,17H2,1H3. The van der Waals surface area contributed by atoms with Gasteiger partial charge in [-0.2, -0.15) is 0 Å². The molecule has 0 aliphatic carbocycles. The minimum Gasteiger partial charge on any atom is -0.399 e. The van der Waals surface area contributed by atoms with Gasteiger partial charge in [0.15, 0.2) is 0 Å². The number of hydrogen-bond donors (Lipinski definition) is 2. The van der Waals surface area contributed by atoms with Gasteiger partial charge >= 0.3 is 0 Å². The van der Waals surface area contributed by atoms with Crippen LogP contribution in [-0.4, -0.2) is 8.42 Å². The highest BCUT2D eigenvalue weighted by atomic mass is 79.9. The van der Waals surface area contributed by atoms with Crippen LogP contribution in [0.4, 0.5) is 15.8 Å². The molecule has 8 heteroatoms. The lowest BCUT2D eigenvalue weighted by Crippen LogP contribution is -2.16. The summed E-state index contributed by atoms with van der Waals surface area (Å²) in [6.07, 6.45) is 0. The second-order valence-electron chi connectivity index (χ2n) is 4.38. The normalized spacial score (nSPS) is 11.4. The van der Waals surface area contributed by atoms with E-state index in [0.717, 1.165) is 6.07 Å². The smallest absolute Gasteiger partial charge is 0.264 e. The Hall–Kier alpha value is -1.31. The van der Waals surface area contributed by atoms with Gasteiger partial charge in [0, 0.05) is 15.2 Å². The van der Waals surface area contributed by atoms with E-state index in [1.54, 1.807) is 12.1 Å². The van der Waals surface area contributed by atoms with Crippen molar-refractivity contribution in [2.45, 2.75) is 11.8 Å². The molecule has 0 aromatic heterocycles. The highest BCUT2D eigenvalue weighted by Gasteiger charge is 2.22. The van der Waals surface area contributed by atoms with Crippen molar-refractivity contribution in [2.75, 3.05) is 10.5 Å². The molecule has 0 aliphatic rings. The second kappa shape index (κ2) is 5.82. The Morgan fingerprint density at radius 2 is 1.95 bits per heavy atom. The van der Waals surface area contributed by atoms with Crippen LogP contribution in [0, 0.1) is 12.7 Å². The van der Waals surface area contributed by atoms with Gasteiger partial charge in [0.2, 0.25) is 0 Å². The first-order valence-corrected chi connectivity index (χ1v) is 8.39. The number of benzene rings is 2. The summed E-state index contributed by atoms with van der Waals surface area (Å²) in [5.41, 5.74) is 6.11. The van der Waals surface area contributed by atoms with Crippen molar-refractivity contribution < 1.29 is 12.8 Å². The number of nitrogens with two attached hydrogens (primary N) is 1. The Kier molecular flexibility index (Phi) is 4.46. The lowest BCUT2D eigenvalue weighted by atomic mass is 10.2. The van der Waals surface area contributed by atoms with Crippen LogP contribution in [0.1, 0.15) is 5.56 Å². The average molecular weight is 394 g/mol. The minimum absolute atomic E-state index is 0.153. The summed E-state index contributed by atoms with van der Waals surface area (Å²) >= 11 is 9.02. The van der Waals surface area contributed by atoms with Crippen molar-refractivity contribution in [1.29, 1.82) is 0 Å². The zero-order chi connectivity index (χ0) is 15.8. The Morgan fingerprint density at radius 1 is 1.29 bits per heavy atom. The molecule has 4 nitrogen and oxygen atoms in total. The molecule has 2 aromatic rings. The molecule has 3 N–H and O–H groups in total. The van der Waals surface area contributed by atoms with Gasteiger partial charge in [-0.25, -0.2) is 12.8 Å².